The van der Waals surface area contributed by atoms with Crippen molar-refractivity contribution < 1.29 is 4.74 Å². The van der Waals surface area contributed by atoms with Crippen LogP contribution in [0.3, 0.4) is 0 Å². The highest BCUT2D eigenvalue weighted by Gasteiger charge is 2.21. The topological polar surface area (TPSA) is 9.23 Å². The molecule has 0 bridgehead atoms. The second-order valence-electron chi connectivity index (χ2n) is 10.0. The van der Waals surface area contributed by atoms with Crippen LogP contribution >= 0.6 is 0 Å². The van der Waals surface area contributed by atoms with Gasteiger partial charge in [0.05, 0.1) is 6.61 Å². The zero-order chi connectivity index (χ0) is 22.4. The van der Waals surface area contributed by atoms with Gasteiger partial charge >= 0.3 is 0 Å². The van der Waals surface area contributed by atoms with Crippen molar-refractivity contribution in [1.29, 1.82) is 0 Å². The zero-order valence-electron chi connectivity index (χ0n) is 20.8. The van der Waals surface area contributed by atoms with E-state index in [0.717, 1.165) is 43.5 Å². The van der Waals surface area contributed by atoms with E-state index in [0.29, 0.717) is 0 Å². The Hall–Kier alpha value is -1.76. The summed E-state index contributed by atoms with van der Waals surface area (Å²) in [6.45, 7) is 5.41. The Morgan fingerprint density at radius 3 is 1.88 bits per heavy atom. The van der Waals surface area contributed by atoms with Crippen molar-refractivity contribution in [2.24, 2.45) is 5.92 Å². The summed E-state index contributed by atoms with van der Waals surface area (Å²) in [5.41, 5.74) is 4.42. The van der Waals surface area contributed by atoms with Gasteiger partial charge in [-0.1, -0.05) is 95.2 Å². The molecule has 0 spiro atoms. The van der Waals surface area contributed by atoms with E-state index in [9.17, 15) is 0 Å². The Labute approximate surface area is 198 Å². The third-order valence-corrected chi connectivity index (χ3v) is 7.41. The molecule has 0 N–H and O–H groups in total. The minimum absolute atomic E-state index is 0.793. The SMILES string of the molecule is CCCCCCCOc1ccc(CCc2ccc([C@H]3CC[C@H](CCCC)CC3)cc2)cc1. The Morgan fingerprint density at radius 1 is 0.656 bits per heavy atom. The summed E-state index contributed by atoms with van der Waals surface area (Å²) >= 11 is 0. The highest BCUT2D eigenvalue weighted by molar-refractivity contribution is 5.30. The van der Waals surface area contributed by atoms with Crippen molar-refractivity contribution in [2.75, 3.05) is 6.61 Å². The molecule has 1 aliphatic rings. The van der Waals surface area contributed by atoms with E-state index < -0.39 is 0 Å². The van der Waals surface area contributed by atoms with Gasteiger partial charge in [-0.3, -0.25) is 0 Å². The van der Waals surface area contributed by atoms with E-state index in [1.54, 1.807) is 5.56 Å². The van der Waals surface area contributed by atoms with Gasteiger partial charge in [-0.2, -0.15) is 0 Å². The van der Waals surface area contributed by atoms with E-state index in [2.05, 4.69) is 62.4 Å². The number of benzene rings is 2. The van der Waals surface area contributed by atoms with Crippen LogP contribution in [0.2, 0.25) is 0 Å². The van der Waals surface area contributed by atoms with E-state index in [1.807, 2.05) is 0 Å². The molecule has 1 aliphatic carbocycles. The molecule has 1 nitrogen and oxygen atoms in total. The molecule has 0 aliphatic heterocycles. The summed E-state index contributed by atoms with van der Waals surface area (Å²) in [5, 5.41) is 0. The lowest BCUT2D eigenvalue weighted by atomic mass is 9.77. The number of ether oxygens (including phenoxy) is 1. The van der Waals surface area contributed by atoms with Crippen LogP contribution in [0.1, 0.15) is 114 Å². The van der Waals surface area contributed by atoms with Crippen molar-refractivity contribution in [3.8, 4) is 5.75 Å². The van der Waals surface area contributed by atoms with Crippen molar-refractivity contribution in [2.45, 2.75) is 110 Å². The first kappa shape index (κ1) is 24.9. The molecule has 0 aromatic heterocycles. The van der Waals surface area contributed by atoms with Crippen LogP contribution in [0.4, 0.5) is 0 Å². The fraction of sp³-hybridized carbons (Fsp3) is 0.613. The summed E-state index contributed by atoms with van der Waals surface area (Å²) in [4.78, 5) is 0. The Balaban J connectivity index is 1.36. The average molecular weight is 435 g/mol. The molecule has 1 heteroatoms. The molecule has 1 saturated carbocycles. The molecule has 0 unspecified atom stereocenters. The van der Waals surface area contributed by atoms with Crippen molar-refractivity contribution >= 4 is 0 Å². The fourth-order valence-electron chi connectivity index (χ4n) is 5.17. The first-order valence-corrected chi connectivity index (χ1v) is 13.6. The third-order valence-electron chi connectivity index (χ3n) is 7.41. The normalized spacial score (nSPS) is 18.6. The van der Waals surface area contributed by atoms with Gasteiger partial charge in [-0.25, -0.2) is 0 Å². The molecule has 2 aromatic rings. The van der Waals surface area contributed by atoms with E-state index >= 15 is 0 Å². The maximum Gasteiger partial charge on any atom is 0.119 e. The van der Waals surface area contributed by atoms with Crippen LogP contribution in [0.15, 0.2) is 48.5 Å². The summed E-state index contributed by atoms with van der Waals surface area (Å²) < 4.78 is 5.90. The molecule has 0 saturated heterocycles. The molecule has 32 heavy (non-hydrogen) atoms. The quantitative estimate of drug-likeness (QED) is 0.269. The summed E-state index contributed by atoms with van der Waals surface area (Å²) in [7, 11) is 0. The number of aryl methyl sites for hydroxylation is 2. The number of hydrogen-bond donors (Lipinski definition) is 0. The van der Waals surface area contributed by atoms with E-state index in [1.165, 1.54) is 81.8 Å². The van der Waals surface area contributed by atoms with Gasteiger partial charge in [0.2, 0.25) is 0 Å². The van der Waals surface area contributed by atoms with Crippen molar-refractivity contribution in [3.05, 3.63) is 65.2 Å². The predicted molar refractivity (Wildman–Crippen MR) is 139 cm³/mol. The second kappa shape index (κ2) is 14.4. The van der Waals surface area contributed by atoms with Crippen LogP contribution in [0, 0.1) is 5.92 Å². The highest BCUT2D eigenvalue weighted by atomic mass is 16.5. The van der Waals surface area contributed by atoms with Gasteiger partial charge in [0, 0.05) is 0 Å². The van der Waals surface area contributed by atoms with Crippen LogP contribution in [-0.2, 0) is 12.8 Å². The molecule has 0 atom stereocenters. The molecule has 2 aromatic carbocycles. The summed E-state index contributed by atoms with van der Waals surface area (Å²) in [6.07, 6.45) is 18.5. The minimum Gasteiger partial charge on any atom is -0.494 e. The largest absolute Gasteiger partial charge is 0.494 e. The maximum absolute atomic E-state index is 5.90. The lowest BCUT2D eigenvalue weighted by Crippen LogP contribution is -2.13. The predicted octanol–water partition coefficient (Wildman–Crippen LogP) is 9.29. The first-order chi connectivity index (χ1) is 15.8. The van der Waals surface area contributed by atoms with Crippen LogP contribution in [-0.4, -0.2) is 6.61 Å². The molecule has 176 valence electrons. The Morgan fingerprint density at radius 2 is 1.25 bits per heavy atom. The molecule has 0 heterocycles. The van der Waals surface area contributed by atoms with Gasteiger partial charge in [0.25, 0.3) is 0 Å². The summed E-state index contributed by atoms with van der Waals surface area (Å²) in [5.74, 6) is 2.80. The third kappa shape index (κ3) is 8.64. The van der Waals surface area contributed by atoms with Crippen LogP contribution in [0.5, 0.6) is 5.75 Å². The molecule has 3 rings (SSSR count). The molecule has 0 radical (unpaired) electrons. The average Bonchev–Trinajstić information content (AvgIpc) is 2.85. The molecular weight excluding hydrogens is 388 g/mol. The van der Waals surface area contributed by atoms with Gasteiger partial charge in [-0.05, 0) is 85.6 Å². The van der Waals surface area contributed by atoms with Crippen LogP contribution in [0.25, 0.3) is 0 Å². The van der Waals surface area contributed by atoms with Crippen LogP contribution < -0.4 is 4.74 Å². The molecular formula is C31H46O. The van der Waals surface area contributed by atoms with Crippen molar-refractivity contribution in [3.63, 3.8) is 0 Å². The van der Waals surface area contributed by atoms with Gasteiger partial charge in [0.1, 0.15) is 5.75 Å². The standard InChI is InChI=1S/C31H46O/c1-3-5-7-8-9-25-32-31-23-17-28(18-24-31)12-11-27-15-21-30(22-16-27)29-19-13-26(14-20-29)10-6-4-2/h15-18,21-24,26,29H,3-14,19-20,25H2,1-2H3/t26-,29-. The second-order valence-corrected chi connectivity index (χ2v) is 10.0. The lowest BCUT2D eigenvalue weighted by molar-refractivity contribution is 0.304. The van der Waals surface area contributed by atoms with Gasteiger partial charge in [0.15, 0.2) is 0 Å². The smallest absolute Gasteiger partial charge is 0.119 e. The molecule has 1 fully saturated rings. The number of unbranched alkanes of at least 4 members (excludes halogenated alkanes) is 5. The molecule has 0 amide bonds. The number of rotatable bonds is 14. The van der Waals surface area contributed by atoms with Gasteiger partial charge in [-0.15, -0.1) is 0 Å². The monoisotopic (exact) mass is 434 g/mol. The minimum atomic E-state index is 0.793. The van der Waals surface area contributed by atoms with E-state index in [4.69, 9.17) is 4.74 Å². The highest BCUT2D eigenvalue weighted by Crippen LogP contribution is 2.37. The summed E-state index contributed by atoms with van der Waals surface area (Å²) in [6, 6.07) is 18.3. The van der Waals surface area contributed by atoms with Gasteiger partial charge < -0.3 is 4.74 Å². The fourth-order valence-corrected chi connectivity index (χ4v) is 5.17. The Kier molecular flexibility index (Phi) is 11.2. The lowest BCUT2D eigenvalue weighted by Gasteiger charge is -2.29. The first-order valence-electron chi connectivity index (χ1n) is 13.6. The zero-order valence-corrected chi connectivity index (χ0v) is 20.8. The van der Waals surface area contributed by atoms with Crippen molar-refractivity contribution in [1.82, 2.24) is 0 Å². The maximum atomic E-state index is 5.90. The number of hydrogen-bond acceptors (Lipinski definition) is 1. The van der Waals surface area contributed by atoms with E-state index in [-0.39, 0.29) is 0 Å². The Bertz CT molecular complexity index is 722.